The second-order valence-corrected chi connectivity index (χ2v) is 4.14. The third-order valence-electron chi connectivity index (χ3n) is 2.65. The van der Waals surface area contributed by atoms with Gasteiger partial charge in [-0.1, -0.05) is 18.2 Å². The molecule has 1 rings (SSSR count). The molecule has 1 unspecified atom stereocenters. The van der Waals surface area contributed by atoms with Gasteiger partial charge in [0.05, 0.1) is 13.2 Å². The fourth-order valence-electron chi connectivity index (χ4n) is 1.71. The Balaban J connectivity index is 2.42. The van der Waals surface area contributed by atoms with Crippen molar-refractivity contribution >= 4 is 5.91 Å². The number of amides is 1. The van der Waals surface area contributed by atoms with Crippen LogP contribution in [0.3, 0.4) is 0 Å². The second kappa shape index (κ2) is 8.50. The summed E-state index contributed by atoms with van der Waals surface area (Å²) in [6.45, 7) is 3.33. The molecule has 19 heavy (non-hydrogen) atoms. The molecule has 0 fully saturated rings. The van der Waals surface area contributed by atoms with E-state index in [1.54, 1.807) is 0 Å². The van der Waals surface area contributed by atoms with Crippen LogP contribution < -0.4 is 15.8 Å². The molecule has 0 saturated heterocycles. The maximum absolute atomic E-state index is 11.6. The van der Waals surface area contributed by atoms with Crippen molar-refractivity contribution in [3.63, 3.8) is 0 Å². The molecule has 1 aromatic carbocycles. The summed E-state index contributed by atoms with van der Waals surface area (Å²) >= 11 is 0. The van der Waals surface area contributed by atoms with Crippen LogP contribution in [-0.2, 0) is 16.0 Å². The number of methoxy groups -OCH3 is 1. The molecule has 0 saturated carbocycles. The van der Waals surface area contributed by atoms with Crippen molar-refractivity contribution in [2.24, 2.45) is 5.73 Å². The number of hydrogen-bond acceptors (Lipinski definition) is 4. The van der Waals surface area contributed by atoms with E-state index in [1.807, 2.05) is 31.2 Å². The van der Waals surface area contributed by atoms with Crippen LogP contribution >= 0.6 is 0 Å². The highest BCUT2D eigenvalue weighted by molar-refractivity contribution is 5.81. The van der Waals surface area contributed by atoms with E-state index in [0.717, 1.165) is 11.3 Å². The van der Waals surface area contributed by atoms with Gasteiger partial charge in [0.2, 0.25) is 5.91 Å². The predicted molar refractivity (Wildman–Crippen MR) is 74.2 cm³/mol. The Labute approximate surface area is 114 Å². The van der Waals surface area contributed by atoms with Crippen LogP contribution in [0.25, 0.3) is 0 Å². The van der Waals surface area contributed by atoms with Crippen molar-refractivity contribution in [1.29, 1.82) is 0 Å². The lowest BCUT2D eigenvalue weighted by atomic mass is 10.1. The first-order valence-electron chi connectivity index (χ1n) is 6.42. The maximum Gasteiger partial charge on any atom is 0.239 e. The zero-order valence-corrected chi connectivity index (χ0v) is 11.5. The summed E-state index contributed by atoms with van der Waals surface area (Å²) in [6.07, 6.45) is 0.710. The monoisotopic (exact) mass is 266 g/mol. The van der Waals surface area contributed by atoms with Crippen molar-refractivity contribution < 1.29 is 14.3 Å². The Bertz CT molecular complexity index is 396. The average molecular weight is 266 g/mol. The first-order valence-corrected chi connectivity index (χ1v) is 6.42. The minimum absolute atomic E-state index is 0.198. The smallest absolute Gasteiger partial charge is 0.239 e. The maximum atomic E-state index is 11.6. The van der Waals surface area contributed by atoms with Crippen LogP contribution in [0.4, 0.5) is 0 Å². The molecule has 0 heterocycles. The van der Waals surface area contributed by atoms with E-state index >= 15 is 0 Å². The second-order valence-electron chi connectivity index (χ2n) is 4.14. The van der Waals surface area contributed by atoms with Crippen LogP contribution in [0.15, 0.2) is 24.3 Å². The Morgan fingerprint density at radius 2 is 2.16 bits per heavy atom. The number of nitrogens with two attached hydrogens (primary N) is 1. The van der Waals surface area contributed by atoms with E-state index < -0.39 is 6.04 Å². The molecule has 0 aromatic heterocycles. The third-order valence-corrected chi connectivity index (χ3v) is 2.65. The van der Waals surface area contributed by atoms with Gasteiger partial charge in [-0.2, -0.15) is 0 Å². The van der Waals surface area contributed by atoms with Gasteiger partial charge in [-0.25, -0.2) is 0 Å². The molecule has 5 heteroatoms. The van der Waals surface area contributed by atoms with Gasteiger partial charge < -0.3 is 20.5 Å². The van der Waals surface area contributed by atoms with E-state index in [4.69, 9.17) is 15.2 Å². The topological polar surface area (TPSA) is 73.6 Å². The van der Waals surface area contributed by atoms with E-state index in [0.29, 0.717) is 19.6 Å². The highest BCUT2D eigenvalue weighted by Crippen LogP contribution is 2.17. The van der Waals surface area contributed by atoms with Crippen LogP contribution in [0, 0.1) is 0 Å². The first kappa shape index (κ1) is 15.5. The lowest BCUT2D eigenvalue weighted by Crippen LogP contribution is -2.44. The quantitative estimate of drug-likeness (QED) is 0.727. The molecular formula is C14H22N2O3. The molecular weight excluding hydrogens is 244 g/mol. The molecule has 0 aliphatic heterocycles. The summed E-state index contributed by atoms with van der Waals surface area (Å²) in [5.74, 6) is 0.663. The van der Waals surface area contributed by atoms with Crippen molar-refractivity contribution in [2.45, 2.75) is 19.4 Å². The van der Waals surface area contributed by atoms with Crippen LogP contribution in [0.5, 0.6) is 5.75 Å². The fraction of sp³-hybridized carbons (Fsp3) is 0.500. The minimum Gasteiger partial charge on any atom is -0.494 e. The van der Waals surface area contributed by atoms with E-state index in [9.17, 15) is 4.79 Å². The van der Waals surface area contributed by atoms with Gasteiger partial charge in [0.15, 0.2) is 0 Å². The van der Waals surface area contributed by atoms with E-state index in [-0.39, 0.29) is 12.5 Å². The molecule has 0 bridgehead atoms. The van der Waals surface area contributed by atoms with E-state index in [2.05, 4.69) is 5.32 Å². The molecule has 1 atom stereocenters. The number of carbonyl (C=O) groups is 1. The first-order chi connectivity index (χ1) is 9.19. The number of benzene rings is 1. The van der Waals surface area contributed by atoms with E-state index in [1.165, 1.54) is 7.11 Å². The van der Waals surface area contributed by atoms with Crippen molar-refractivity contribution in [2.75, 3.05) is 26.9 Å². The van der Waals surface area contributed by atoms with Gasteiger partial charge in [0, 0.05) is 13.7 Å². The molecule has 5 nitrogen and oxygen atoms in total. The highest BCUT2D eigenvalue weighted by Gasteiger charge is 2.12. The average Bonchev–Trinajstić information content (AvgIpc) is 2.41. The van der Waals surface area contributed by atoms with Crippen molar-refractivity contribution in [3.8, 4) is 5.75 Å². The summed E-state index contributed by atoms with van der Waals surface area (Å²) in [4.78, 5) is 11.6. The molecule has 1 aromatic rings. The molecule has 0 aliphatic carbocycles. The largest absolute Gasteiger partial charge is 0.494 e. The molecule has 0 radical (unpaired) electrons. The third kappa shape index (κ3) is 5.28. The molecule has 106 valence electrons. The Morgan fingerprint density at radius 1 is 1.42 bits per heavy atom. The number of nitrogens with one attached hydrogen (secondary N) is 1. The standard InChI is InChI=1S/C14H22N2O3/c1-3-19-13-7-5-4-6-11(13)8-9-16-14(17)12(15)10-18-2/h4-7,12H,3,8-10,15H2,1-2H3,(H,16,17). The lowest BCUT2D eigenvalue weighted by molar-refractivity contribution is -0.123. The number of rotatable bonds is 8. The van der Waals surface area contributed by atoms with Crippen LogP contribution in [0.1, 0.15) is 12.5 Å². The molecule has 0 aliphatic rings. The molecule has 1 amide bonds. The summed E-state index contributed by atoms with van der Waals surface area (Å²) in [7, 11) is 1.52. The zero-order valence-electron chi connectivity index (χ0n) is 11.5. The zero-order chi connectivity index (χ0) is 14.1. The van der Waals surface area contributed by atoms with Gasteiger partial charge in [0.1, 0.15) is 11.8 Å². The molecule has 3 N–H and O–H groups in total. The number of hydrogen-bond donors (Lipinski definition) is 2. The van der Waals surface area contributed by atoms with Crippen LogP contribution in [-0.4, -0.2) is 38.8 Å². The van der Waals surface area contributed by atoms with Gasteiger partial charge in [0.25, 0.3) is 0 Å². The van der Waals surface area contributed by atoms with Gasteiger partial charge in [-0.3, -0.25) is 4.79 Å². The summed E-state index contributed by atoms with van der Waals surface area (Å²) in [5, 5.41) is 2.79. The lowest BCUT2D eigenvalue weighted by Gasteiger charge is -2.13. The summed E-state index contributed by atoms with van der Waals surface area (Å²) in [6, 6.07) is 7.19. The minimum atomic E-state index is -0.618. The predicted octanol–water partition coefficient (Wildman–Crippen LogP) is 0.718. The highest BCUT2D eigenvalue weighted by atomic mass is 16.5. The van der Waals surface area contributed by atoms with Crippen LogP contribution in [0.2, 0.25) is 0 Å². The Morgan fingerprint density at radius 3 is 2.84 bits per heavy atom. The number of carbonyl (C=O) groups excluding carboxylic acids is 1. The van der Waals surface area contributed by atoms with Gasteiger partial charge in [-0.05, 0) is 25.0 Å². The van der Waals surface area contributed by atoms with Crippen molar-refractivity contribution in [1.82, 2.24) is 5.32 Å². The fourth-order valence-corrected chi connectivity index (χ4v) is 1.71. The SMILES string of the molecule is CCOc1ccccc1CCNC(=O)C(N)COC. The summed E-state index contributed by atoms with van der Waals surface area (Å²) in [5.41, 5.74) is 6.70. The summed E-state index contributed by atoms with van der Waals surface area (Å²) < 4.78 is 10.4. The van der Waals surface area contributed by atoms with Gasteiger partial charge in [-0.15, -0.1) is 0 Å². The number of para-hydroxylation sites is 1. The van der Waals surface area contributed by atoms with Gasteiger partial charge >= 0.3 is 0 Å². The van der Waals surface area contributed by atoms with Crippen molar-refractivity contribution in [3.05, 3.63) is 29.8 Å². The number of ether oxygens (including phenoxy) is 2. The molecule has 0 spiro atoms. The normalized spacial score (nSPS) is 11.9. The Hall–Kier alpha value is -1.59. The Kier molecular flexibility index (Phi) is 6.92.